The maximum absolute atomic E-state index is 11.5. The number of nitrogens with zero attached hydrogens (tertiary/aromatic N) is 1. The van der Waals surface area contributed by atoms with Gasteiger partial charge in [0.2, 0.25) is 5.91 Å². The monoisotopic (exact) mass is 340 g/mol. The Morgan fingerprint density at radius 1 is 1.36 bits per heavy atom. The average molecular weight is 341 g/mol. The standard InChI is InChI=1S/C17H28N2OS2/c1-3-7-16(18-17(20)13-21)12-19(2)10-11-22-14-15-8-5-4-6-9-15/h4-6,8-9,16,21H,3,7,10-14H2,1-2H3,(H,18,20). The third-order valence-corrected chi connectivity index (χ3v) is 4.70. The summed E-state index contributed by atoms with van der Waals surface area (Å²) in [7, 11) is 2.12. The Hall–Kier alpha value is -0.650. The lowest BCUT2D eigenvalue weighted by Crippen LogP contribution is -2.43. The van der Waals surface area contributed by atoms with E-state index in [9.17, 15) is 4.79 Å². The summed E-state index contributed by atoms with van der Waals surface area (Å²) in [6, 6.07) is 10.8. The van der Waals surface area contributed by atoms with Crippen molar-refractivity contribution in [1.82, 2.24) is 10.2 Å². The predicted octanol–water partition coefficient (Wildman–Crippen LogP) is 3.07. The van der Waals surface area contributed by atoms with Crippen molar-refractivity contribution in [3.05, 3.63) is 35.9 Å². The van der Waals surface area contributed by atoms with Crippen LogP contribution in [0.15, 0.2) is 30.3 Å². The minimum absolute atomic E-state index is 0.0219. The van der Waals surface area contributed by atoms with Crippen LogP contribution in [0.5, 0.6) is 0 Å². The SMILES string of the molecule is CCCC(CN(C)CCSCc1ccccc1)NC(=O)CS. The Balaban J connectivity index is 2.22. The zero-order valence-electron chi connectivity index (χ0n) is 13.6. The largest absolute Gasteiger partial charge is 0.351 e. The highest BCUT2D eigenvalue weighted by Crippen LogP contribution is 2.11. The number of hydrogen-bond donors (Lipinski definition) is 2. The fourth-order valence-corrected chi connectivity index (χ4v) is 3.39. The molecular weight excluding hydrogens is 312 g/mol. The van der Waals surface area contributed by atoms with Crippen LogP contribution in [0.25, 0.3) is 0 Å². The van der Waals surface area contributed by atoms with Gasteiger partial charge in [-0.1, -0.05) is 43.7 Å². The van der Waals surface area contributed by atoms with Crippen molar-refractivity contribution in [2.75, 3.05) is 31.6 Å². The molecule has 22 heavy (non-hydrogen) atoms. The summed E-state index contributed by atoms with van der Waals surface area (Å²) in [6.07, 6.45) is 2.09. The van der Waals surface area contributed by atoms with Crippen LogP contribution in [-0.2, 0) is 10.5 Å². The third kappa shape index (κ3) is 8.71. The highest BCUT2D eigenvalue weighted by molar-refractivity contribution is 7.98. The van der Waals surface area contributed by atoms with Gasteiger partial charge in [-0.25, -0.2) is 0 Å². The lowest BCUT2D eigenvalue weighted by Gasteiger charge is -2.24. The molecule has 0 fully saturated rings. The van der Waals surface area contributed by atoms with Crippen molar-refractivity contribution in [1.29, 1.82) is 0 Å². The number of nitrogens with one attached hydrogen (secondary N) is 1. The summed E-state index contributed by atoms with van der Waals surface area (Å²) in [6.45, 7) is 4.09. The molecule has 1 N–H and O–H groups in total. The van der Waals surface area contributed by atoms with Crippen LogP contribution in [0.3, 0.4) is 0 Å². The van der Waals surface area contributed by atoms with Crippen LogP contribution in [0.2, 0.25) is 0 Å². The molecule has 1 aromatic carbocycles. The number of thiol groups is 1. The molecule has 0 saturated carbocycles. The van der Waals surface area contributed by atoms with Crippen LogP contribution in [-0.4, -0.2) is 48.5 Å². The summed E-state index contributed by atoms with van der Waals surface area (Å²) in [5.74, 6) is 2.44. The van der Waals surface area contributed by atoms with E-state index in [1.54, 1.807) is 0 Å². The molecule has 5 heteroatoms. The number of rotatable bonds is 11. The van der Waals surface area contributed by atoms with Gasteiger partial charge in [0, 0.05) is 30.6 Å². The molecule has 1 rings (SSSR count). The number of hydrogen-bond acceptors (Lipinski definition) is 4. The molecule has 0 aromatic heterocycles. The highest BCUT2D eigenvalue weighted by Gasteiger charge is 2.12. The second-order valence-corrected chi connectivity index (χ2v) is 6.93. The summed E-state index contributed by atoms with van der Waals surface area (Å²) in [5.41, 5.74) is 1.38. The van der Waals surface area contributed by atoms with Crippen molar-refractivity contribution < 1.29 is 4.79 Å². The highest BCUT2D eigenvalue weighted by atomic mass is 32.2. The first-order valence-electron chi connectivity index (χ1n) is 7.86. The molecule has 1 amide bonds. The second kappa shape index (κ2) is 11.9. The molecular formula is C17H28N2OS2. The van der Waals surface area contributed by atoms with Gasteiger partial charge in [-0.15, -0.1) is 0 Å². The Bertz CT molecular complexity index is 414. The van der Waals surface area contributed by atoms with Gasteiger partial charge in [-0.2, -0.15) is 24.4 Å². The van der Waals surface area contributed by atoms with Crippen molar-refractivity contribution in [2.45, 2.75) is 31.6 Å². The van der Waals surface area contributed by atoms with E-state index in [1.807, 2.05) is 11.8 Å². The van der Waals surface area contributed by atoms with E-state index in [1.165, 1.54) is 5.56 Å². The number of likely N-dealkylation sites (N-methyl/N-ethyl adjacent to an activating group) is 1. The van der Waals surface area contributed by atoms with E-state index in [0.29, 0.717) is 0 Å². The Kier molecular flexibility index (Phi) is 10.5. The van der Waals surface area contributed by atoms with E-state index in [0.717, 1.165) is 37.4 Å². The second-order valence-electron chi connectivity index (χ2n) is 5.51. The van der Waals surface area contributed by atoms with Crippen molar-refractivity contribution in [2.24, 2.45) is 0 Å². The van der Waals surface area contributed by atoms with E-state index < -0.39 is 0 Å². The first-order chi connectivity index (χ1) is 10.7. The fraction of sp³-hybridized carbons (Fsp3) is 0.588. The molecule has 0 spiro atoms. The summed E-state index contributed by atoms with van der Waals surface area (Å²) >= 11 is 5.98. The van der Waals surface area contributed by atoms with Gasteiger partial charge in [0.1, 0.15) is 0 Å². The van der Waals surface area contributed by atoms with Crippen molar-refractivity contribution in [3.63, 3.8) is 0 Å². The van der Waals surface area contributed by atoms with Crippen molar-refractivity contribution >= 4 is 30.3 Å². The Labute approximate surface area is 144 Å². The smallest absolute Gasteiger partial charge is 0.229 e. The number of thioether (sulfide) groups is 1. The van der Waals surface area contributed by atoms with Gasteiger partial charge in [0.15, 0.2) is 0 Å². The summed E-state index contributed by atoms with van der Waals surface area (Å²) < 4.78 is 0. The maximum atomic E-state index is 11.5. The zero-order valence-corrected chi connectivity index (χ0v) is 15.3. The molecule has 1 unspecified atom stereocenters. The molecule has 0 aliphatic heterocycles. The molecule has 0 aliphatic carbocycles. The maximum Gasteiger partial charge on any atom is 0.229 e. The molecule has 0 heterocycles. The first-order valence-corrected chi connectivity index (χ1v) is 9.64. The van der Waals surface area contributed by atoms with Crippen molar-refractivity contribution in [3.8, 4) is 0 Å². The van der Waals surface area contributed by atoms with Gasteiger partial charge in [0.25, 0.3) is 0 Å². The molecule has 3 nitrogen and oxygen atoms in total. The minimum atomic E-state index is 0.0219. The third-order valence-electron chi connectivity index (χ3n) is 3.41. The summed E-state index contributed by atoms with van der Waals surface area (Å²) in [5, 5.41) is 3.05. The Morgan fingerprint density at radius 3 is 2.73 bits per heavy atom. The molecule has 1 atom stereocenters. The van der Waals surface area contributed by atoms with E-state index >= 15 is 0 Å². The Morgan fingerprint density at radius 2 is 2.09 bits per heavy atom. The van der Waals surface area contributed by atoms with Gasteiger partial charge in [-0.05, 0) is 19.0 Å². The van der Waals surface area contributed by atoms with E-state index in [-0.39, 0.29) is 17.7 Å². The molecule has 0 bridgehead atoms. The summed E-state index contributed by atoms with van der Waals surface area (Å²) in [4.78, 5) is 13.8. The van der Waals surface area contributed by atoms with Crippen LogP contribution >= 0.6 is 24.4 Å². The topological polar surface area (TPSA) is 32.3 Å². The minimum Gasteiger partial charge on any atom is -0.351 e. The van der Waals surface area contributed by atoms with Crippen LogP contribution in [0.4, 0.5) is 0 Å². The normalized spacial score (nSPS) is 12.4. The molecule has 0 aliphatic rings. The van der Waals surface area contributed by atoms with Gasteiger partial charge in [-0.3, -0.25) is 4.79 Å². The molecule has 1 aromatic rings. The van der Waals surface area contributed by atoms with Gasteiger partial charge < -0.3 is 10.2 Å². The average Bonchev–Trinajstić information content (AvgIpc) is 2.52. The number of carbonyl (C=O) groups excluding carboxylic acids is 1. The molecule has 124 valence electrons. The lowest BCUT2D eigenvalue weighted by atomic mass is 10.1. The predicted molar refractivity (Wildman–Crippen MR) is 101 cm³/mol. The van der Waals surface area contributed by atoms with Gasteiger partial charge >= 0.3 is 0 Å². The number of benzene rings is 1. The van der Waals surface area contributed by atoms with E-state index in [2.05, 4.69) is 67.1 Å². The van der Waals surface area contributed by atoms with Crippen LogP contribution in [0.1, 0.15) is 25.3 Å². The molecule has 0 saturated heterocycles. The number of amides is 1. The fourth-order valence-electron chi connectivity index (χ4n) is 2.28. The van der Waals surface area contributed by atoms with Gasteiger partial charge in [0.05, 0.1) is 5.75 Å². The zero-order chi connectivity index (χ0) is 16.2. The first kappa shape index (κ1) is 19.4. The van der Waals surface area contributed by atoms with Crippen LogP contribution < -0.4 is 5.32 Å². The number of carbonyl (C=O) groups is 1. The van der Waals surface area contributed by atoms with Crippen LogP contribution in [0, 0.1) is 0 Å². The quantitative estimate of drug-likeness (QED) is 0.480. The lowest BCUT2D eigenvalue weighted by molar-refractivity contribution is -0.119. The molecule has 0 radical (unpaired) electrons. The van der Waals surface area contributed by atoms with E-state index in [4.69, 9.17) is 0 Å².